The minimum atomic E-state index is 0. The van der Waals surface area contributed by atoms with Gasteiger partial charge in [-0.3, -0.25) is 9.69 Å². The van der Waals surface area contributed by atoms with Crippen molar-refractivity contribution < 1.29 is 4.79 Å². The highest BCUT2D eigenvalue weighted by Gasteiger charge is 2.27. The SMILES string of the molecule is CCCN(C(=O)CNC)C1CCCN(Cc2ccccc2)C1.Cl.Cl. The molecule has 1 aliphatic heterocycles. The summed E-state index contributed by atoms with van der Waals surface area (Å²) >= 11 is 0. The number of hydrogen-bond acceptors (Lipinski definition) is 3. The van der Waals surface area contributed by atoms with Crippen LogP contribution < -0.4 is 5.32 Å². The number of carbonyl (C=O) groups is 1. The van der Waals surface area contributed by atoms with Crippen molar-refractivity contribution in [3.8, 4) is 0 Å². The largest absolute Gasteiger partial charge is 0.337 e. The summed E-state index contributed by atoms with van der Waals surface area (Å²) in [5.74, 6) is 0.232. The van der Waals surface area contributed by atoms with Crippen molar-refractivity contribution in [3.63, 3.8) is 0 Å². The van der Waals surface area contributed by atoms with Gasteiger partial charge in [-0.1, -0.05) is 37.3 Å². The molecule has 0 aliphatic carbocycles. The fraction of sp³-hybridized carbons (Fsp3) is 0.611. The molecule has 1 aromatic carbocycles. The lowest BCUT2D eigenvalue weighted by molar-refractivity contribution is -0.133. The molecule has 0 aromatic heterocycles. The first kappa shape index (κ1) is 23.2. The van der Waals surface area contributed by atoms with Crippen molar-refractivity contribution in [2.24, 2.45) is 0 Å². The fourth-order valence-corrected chi connectivity index (χ4v) is 3.28. The Kier molecular flexibility index (Phi) is 12.1. The van der Waals surface area contributed by atoms with Crippen molar-refractivity contribution in [2.45, 2.75) is 38.8 Å². The molecule has 1 heterocycles. The van der Waals surface area contributed by atoms with Gasteiger partial charge < -0.3 is 10.2 Å². The molecule has 0 bridgehead atoms. The number of piperidine rings is 1. The van der Waals surface area contributed by atoms with Crippen LogP contribution in [-0.2, 0) is 11.3 Å². The molecule has 1 N–H and O–H groups in total. The van der Waals surface area contributed by atoms with Crippen LogP contribution in [0.3, 0.4) is 0 Å². The first-order valence-corrected chi connectivity index (χ1v) is 8.45. The number of rotatable bonds is 7. The molecule has 138 valence electrons. The number of likely N-dealkylation sites (N-methyl/N-ethyl adjacent to an activating group) is 1. The summed E-state index contributed by atoms with van der Waals surface area (Å²) in [6, 6.07) is 11.0. The molecule has 1 aromatic rings. The minimum absolute atomic E-state index is 0. The Bertz CT molecular complexity index is 459. The molecule has 0 spiro atoms. The third-order valence-corrected chi connectivity index (χ3v) is 4.28. The molecule has 0 radical (unpaired) electrons. The molecule has 6 heteroatoms. The summed E-state index contributed by atoms with van der Waals surface area (Å²) in [5, 5.41) is 2.99. The maximum absolute atomic E-state index is 12.3. The van der Waals surface area contributed by atoms with Gasteiger partial charge in [-0.25, -0.2) is 0 Å². The van der Waals surface area contributed by atoms with E-state index in [2.05, 4.69) is 52.4 Å². The lowest BCUT2D eigenvalue weighted by Crippen LogP contribution is -2.51. The molecule has 0 saturated carbocycles. The Hall–Kier alpha value is -0.810. The van der Waals surface area contributed by atoms with Gasteiger partial charge in [0.25, 0.3) is 0 Å². The van der Waals surface area contributed by atoms with Crippen molar-refractivity contribution in [2.75, 3.05) is 33.2 Å². The van der Waals surface area contributed by atoms with E-state index in [-0.39, 0.29) is 30.7 Å². The Balaban J connectivity index is 0.00000264. The van der Waals surface area contributed by atoms with Crippen LogP contribution >= 0.6 is 24.8 Å². The second-order valence-electron chi connectivity index (χ2n) is 6.13. The molecule has 1 aliphatic rings. The smallest absolute Gasteiger partial charge is 0.236 e. The number of halogens is 2. The summed E-state index contributed by atoms with van der Waals surface area (Å²) in [4.78, 5) is 16.9. The second-order valence-corrected chi connectivity index (χ2v) is 6.13. The summed E-state index contributed by atoms with van der Waals surface area (Å²) in [5.41, 5.74) is 1.35. The standard InChI is InChI=1S/C18H29N3O.2ClH/c1-3-11-21(18(22)13-19-2)17-10-7-12-20(15-17)14-16-8-5-4-6-9-16;;/h4-6,8-9,17,19H,3,7,10-15H2,1-2H3;2*1H. The summed E-state index contributed by atoms with van der Waals surface area (Å²) < 4.78 is 0. The van der Waals surface area contributed by atoms with E-state index in [1.807, 2.05) is 7.05 Å². The Labute approximate surface area is 158 Å². The highest BCUT2D eigenvalue weighted by molar-refractivity contribution is 5.85. The zero-order valence-corrected chi connectivity index (χ0v) is 16.4. The monoisotopic (exact) mass is 375 g/mol. The number of carbonyl (C=O) groups excluding carboxylic acids is 1. The summed E-state index contributed by atoms with van der Waals surface area (Å²) in [7, 11) is 1.84. The number of likely N-dealkylation sites (tertiary alicyclic amines) is 1. The zero-order valence-electron chi connectivity index (χ0n) is 14.7. The molecule has 2 rings (SSSR count). The van der Waals surface area contributed by atoms with Gasteiger partial charge in [-0.05, 0) is 38.4 Å². The van der Waals surface area contributed by atoms with Crippen LogP contribution in [0.15, 0.2) is 30.3 Å². The van der Waals surface area contributed by atoms with E-state index in [1.165, 1.54) is 12.0 Å². The van der Waals surface area contributed by atoms with Gasteiger partial charge in [0.05, 0.1) is 6.54 Å². The van der Waals surface area contributed by atoms with Crippen LogP contribution in [-0.4, -0.2) is 55.0 Å². The molecule has 1 amide bonds. The number of hydrogen-bond donors (Lipinski definition) is 1. The Morgan fingerprint density at radius 3 is 2.62 bits per heavy atom. The normalized spacial score (nSPS) is 17.5. The van der Waals surface area contributed by atoms with Gasteiger partial charge in [0, 0.05) is 25.7 Å². The van der Waals surface area contributed by atoms with Crippen molar-refractivity contribution in [3.05, 3.63) is 35.9 Å². The first-order chi connectivity index (χ1) is 10.7. The van der Waals surface area contributed by atoms with Crippen molar-refractivity contribution in [1.29, 1.82) is 0 Å². The molecule has 1 fully saturated rings. The quantitative estimate of drug-likeness (QED) is 0.795. The number of amides is 1. The molecule has 24 heavy (non-hydrogen) atoms. The van der Waals surface area contributed by atoms with E-state index >= 15 is 0 Å². The summed E-state index contributed by atoms with van der Waals surface area (Å²) in [6.07, 6.45) is 3.32. The average molecular weight is 376 g/mol. The summed E-state index contributed by atoms with van der Waals surface area (Å²) in [6.45, 7) is 6.55. The molecule has 1 atom stereocenters. The van der Waals surface area contributed by atoms with Gasteiger partial charge in [0.2, 0.25) is 5.91 Å². The first-order valence-electron chi connectivity index (χ1n) is 8.45. The Morgan fingerprint density at radius 1 is 1.29 bits per heavy atom. The van der Waals surface area contributed by atoms with Gasteiger partial charge in [0.15, 0.2) is 0 Å². The van der Waals surface area contributed by atoms with Crippen LogP contribution in [0.5, 0.6) is 0 Å². The van der Waals surface area contributed by atoms with Gasteiger partial charge in [-0.2, -0.15) is 0 Å². The third kappa shape index (κ3) is 6.98. The Morgan fingerprint density at radius 2 is 2.00 bits per heavy atom. The number of nitrogens with one attached hydrogen (secondary N) is 1. The predicted molar refractivity (Wildman–Crippen MR) is 105 cm³/mol. The number of benzene rings is 1. The van der Waals surface area contributed by atoms with Crippen LogP contribution in [0.2, 0.25) is 0 Å². The van der Waals surface area contributed by atoms with Crippen LogP contribution in [0.25, 0.3) is 0 Å². The van der Waals surface area contributed by atoms with Gasteiger partial charge >= 0.3 is 0 Å². The lowest BCUT2D eigenvalue weighted by Gasteiger charge is -2.39. The molecule has 1 saturated heterocycles. The van der Waals surface area contributed by atoms with Crippen LogP contribution in [0.4, 0.5) is 0 Å². The van der Waals surface area contributed by atoms with Crippen molar-refractivity contribution >= 4 is 30.7 Å². The highest BCUT2D eigenvalue weighted by Crippen LogP contribution is 2.18. The lowest BCUT2D eigenvalue weighted by atomic mass is 10.0. The van der Waals surface area contributed by atoms with Gasteiger partial charge in [-0.15, -0.1) is 24.8 Å². The van der Waals surface area contributed by atoms with E-state index in [9.17, 15) is 4.79 Å². The van der Waals surface area contributed by atoms with E-state index in [0.717, 1.165) is 39.0 Å². The highest BCUT2D eigenvalue weighted by atomic mass is 35.5. The fourth-order valence-electron chi connectivity index (χ4n) is 3.28. The third-order valence-electron chi connectivity index (χ3n) is 4.28. The molecule has 4 nitrogen and oxygen atoms in total. The topological polar surface area (TPSA) is 35.6 Å². The van der Waals surface area contributed by atoms with E-state index in [0.29, 0.717) is 12.6 Å². The number of nitrogens with zero attached hydrogens (tertiary/aromatic N) is 2. The maximum Gasteiger partial charge on any atom is 0.236 e. The minimum Gasteiger partial charge on any atom is -0.337 e. The molecule has 1 unspecified atom stereocenters. The molecular weight excluding hydrogens is 345 g/mol. The van der Waals surface area contributed by atoms with E-state index in [4.69, 9.17) is 0 Å². The molecular formula is C18H31Cl2N3O. The predicted octanol–water partition coefficient (Wildman–Crippen LogP) is 2.95. The van der Waals surface area contributed by atoms with Crippen LogP contribution in [0, 0.1) is 0 Å². The average Bonchev–Trinajstić information content (AvgIpc) is 2.54. The van der Waals surface area contributed by atoms with Gasteiger partial charge in [0.1, 0.15) is 0 Å². The zero-order chi connectivity index (χ0) is 15.8. The maximum atomic E-state index is 12.3. The van der Waals surface area contributed by atoms with E-state index in [1.54, 1.807) is 0 Å². The second kappa shape index (κ2) is 12.5. The van der Waals surface area contributed by atoms with Crippen molar-refractivity contribution in [1.82, 2.24) is 15.1 Å². The van der Waals surface area contributed by atoms with E-state index < -0.39 is 0 Å². The van der Waals surface area contributed by atoms with Crippen LogP contribution in [0.1, 0.15) is 31.7 Å².